The Bertz CT molecular complexity index is 783. The highest BCUT2D eigenvalue weighted by molar-refractivity contribution is 8.15. The topological polar surface area (TPSA) is 59.0 Å². The van der Waals surface area contributed by atoms with E-state index >= 15 is 0 Å². The first-order valence-corrected chi connectivity index (χ1v) is 9.05. The van der Waals surface area contributed by atoms with Crippen molar-refractivity contribution in [3.05, 3.63) is 53.2 Å². The molecule has 25 heavy (non-hydrogen) atoms. The maximum absolute atomic E-state index is 12.8. The number of ether oxygens (including phenoxy) is 1. The van der Waals surface area contributed by atoms with Crippen LogP contribution in [0.15, 0.2) is 52.7 Å². The number of esters is 1. The highest BCUT2D eigenvalue weighted by Gasteiger charge is 2.45. The summed E-state index contributed by atoms with van der Waals surface area (Å²) >= 11 is 1.46. The molecule has 2 aliphatic heterocycles. The maximum atomic E-state index is 12.8. The van der Waals surface area contributed by atoms with Gasteiger partial charge in [-0.1, -0.05) is 61.2 Å². The van der Waals surface area contributed by atoms with Crippen molar-refractivity contribution >= 4 is 34.9 Å². The molecule has 0 N–H and O–H groups in total. The smallest absolute Gasteiger partial charge is 0.338 e. The first-order valence-electron chi connectivity index (χ1n) is 8.17. The SMILES string of the molecule is CCC1SC2=NC(C)=C(C(=O)OC)C(C=Cc3ccccc3)N2C1=O. The highest BCUT2D eigenvalue weighted by Crippen LogP contribution is 2.37. The fourth-order valence-corrected chi connectivity index (χ4v) is 4.09. The molecule has 0 radical (unpaired) electrons. The quantitative estimate of drug-likeness (QED) is 0.777. The van der Waals surface area contributed by atoms with Crippen LogP contribution in [-0.2, 0) is 14.3 Å². The maximum Gasteiger partial charge on any atom is 0.338 e. The van der Waals surface area contributed by atoms with Crippen molar-refractivity contribution in [2.75, 3.05) is 7.11 Å². The Balaban J connectivity index is 2.03. The van der Waals surface area contributed by atoms with Crippen molar-refractivity contribution in [3.63, 3.8) is 0 Å². The second-order valence-corrected chi connectivity index (χ2v) is 6.99. The Morgan fingerprint density at radius 3 is 2.72 bits per heavy atom. The van der Waals surface area contributed by atoms with E-state index in [2.05, 4.69) is 4.99 Å². The zero-order valence-electron chi connectivity index (χ0n) is 14.4. The number of aliphatic imine (C=N–C) groups is 1. The summed E-state index contributed by atoms with van der Waals surface area (Å²) in [6.07, 6.45) is 4.51. The number of hydrogen-bond acceptors (Lipinski definition) is 5. The minimum absolute atomic E-state index is 0.0112. The van der Waals surface area contributed by atoms with E-state index in [1.54, 1.807) is 11.8 Å². The van der Waals surface area contributed by atoms with Crippen LogP contribution in [0.25, 0.3) is 6.08 Å². The number of amidine groups is 1. The van der Waals surface area contributed by atoms with Gasteiger partial charge in [0.05, 0.1) is 29.7 Å². The van der Waals surface area contributed by atoms with E-state index < -0.39 is 12.0 Å². The van der Waals surface area contributed by atoms with E-state index in [1.165, 1.54) is 18.9 Å². The van der Waals surface area contributed by atoms with Crippen LogP contribution in [0.4, 0.5) is 0 Å². The van der Waals surface area contributed by atoms with Gasteiger partial charge in [-0.05, 0) is 18.9 Å². The van der Waals surface area contributed by atoms with Crippen LogP contribution in [0.5, 0.6) is 0 Å². The molecule has 130 valence electrons. The van der Waals surface area contributed by atoms with E-state index in [4.69, 9.17) is 4.74 Å². The van der Waals surface area contributed by atoms with Gasteiger partial charge in [0.2, 0.25) is 5.91 Å². The van der Waals surface area contributed by atoms with Crippen molar-refractivity contribution in [1.29, 1.82) is 0 Å². The van der Waals surface area contributed by atoms with Gasteiger partial charge in [0, 0.05) is 0 Å². The predicted octanol–water partition coefficient (Wildman–Crippen LogP) is 3.24. The van der Waals surface area contributed by atoms with Crippen molar-refractivity contribution < 1.29 is 14.3 Å². The molecule has 0 aromatic heterocycles. The summed E-state index contributed by atoms with van der Waals surface area (Å²) in [5, 5.41) is 0.501. The first-order chi connectivity index (χ1) is 12.1. The van der Waals surface area contributed by atoms with Gasteiger partial charge in [0.15, 0.2) is 5.17 Å². The standard InChI is InChI=1S/C19H20N2O3S/c1-4-15-17(22)21-14(11-10-13-8-6-5-7-9-13)16(18(23)24-3)12(2)20-19(21)25-15/h5-11,14-15H,4H2,1-3H3. The zero-order valence-corrected chi connectivity index (χ0v) is 15.2. The van der Waals surface area contributed by atoms with Gasteiger partial charge in [-0.15, -0.1) is 0 Å². The molecular weight excluding hydrogens is 336 g/mol. The number of thioether (sulfide) groups is 1. The molecule has 5 nitrogen and oxygen atoms in total. The number of methoxy groups -OCH3 is 1. The van der Waals surface area contributed by atoms with Crippen molar-refractivity contribution in [2.24, 2.45) is 4.99 Å². The number of benzene rings is 1. The largest absolute Gasteiger partial charge is 0.466 e. The lowest BCUT2D eigenvalue weighted by Crippen LogP contribution is -2.45. The van der Waals surface area contributed by atoms with Crippen molar-refractivity contribution in [2.45, 2.75) is 31.6 Å². The van der Waals surface area contributed by atoms with Crippen LogP contribution < -0.4 is 0 Å². The van der Waals surface area contributed by atoms with Gasteiger partial charge in [-0.25, -0.2) is 9.79 Å². The van der Waals surface area contributed by atoms with E-state index in [-0.39, 0.29) is 11.2 Å². The summed E-state index contributed by atoms with van der Waals surface area (Å²) in [7, 11) is 1.34. The lowest BCUT2D eigenvalue weighted by atomic mass is 10.00. The number of carbonyl (C=O) groups is 2. The first kappa shape index (κ1) is 17.5. The molecule has 1 fully saturated rings. The zero-order chi connectivity index (χ0) is 18.0. The van der Waals surface area contributed by atoms with Gasteiger partial charge in [-0.2, -0.15) is 0 Å². The molecule has 1 aromatic carbocycles. The lowest BCUT2D eigenvalue weighted by molar-refractivity contribution is -0.137. The molecule has 0 saturated carbocycles. The van der Waals surface area contributed by atoms with Gasteiger partial charge < -0.3 is 4.74 Å². The number of rotatable bonds is 4. The monoisotopic (exact) mass is 356 g/mol. The molecule has 1 saturated heterocycles. The van der Waals surface area contributed by atoms with Gasteiger partial charge >= 0.3 is 5.97 Å². The third kappa shape index (κ3) is 3.26. The van der Waals surface area contributed by atoms with Crippen LogP contribution >= 0.6 is 11.8 Å². The molecule has 2 atom stereocenters. The van der Waals surface area contributed by atoms with Gasteiger partial charge in [0.1, 0.15) is 0 Å². The van der Waals surface area contributed by atoms with Crippen LogP contribution in [0.1, 0.15) is 25.8 Å². The van der Waals surface area contributed by atoms with Gasteiger partial charge in [-0.3, -0.25) is 9.69 Å². The van der Waals surface area contributed by atoms with Crippen LogP contribution in [0, 0.1) is 0 Å². The molecule has 0 bridgehead atoms. The van der Waals surface area contributed by atoms with E-state index in [1.807, 2.05) is 49.4 Å². The van der Waals surface area contributed by atoms with Gasteiger partial charge in [0.25, 0.3) is 0 Å². The molecule has 0 spiro atoms. The third-order valence-electron chi connectivity index (χ3n) is 4.24. The second kappa shape index (κ2) is 7.27. The number of allylic oxidation sites excluding steroid dienone is 1. The average Bonchev–Trinajstić information content (AvgIpc) is 2.95. The molecule has 0 aliphatic carbocycles. The number of carbonyl (C=O) groups excluding carboxylic acids is 2. The van der Waals surface area contributed by atoms with E-state index in [0.717, 1.165) is 12.0 Å². The van der Waals surface area contributed by atoms with E-state index in [0.29, 0.717) is 16.4 Å². The molecule has 2 aliphatic rings. The predicted molar refractivity (Wildman–Crippen MR) is 99.9 cm³/mol. The number of amides is 1. The Morgan fingerprint density at radius 2 is 2.08 bits per heavy atom. The molecule has 6 heteroatoms. The normalized spacial score (nSPS) is 23.1. The van der Waals surface area contributed by atoms with Crippen LogP contribution in [0.2, 0.25) is 0 Å². The minimum atomic E-state index is -0.503. The second-order valence-electron chi connectivity index (χ2n) is 5.82. The molecule has 1 amide bonds. The highest BCUT2D eigenvalue weighted by atomic mass is 32.2. The Hall–Kier alpha value is -2.34. The third-order valence-corrected chi connectivity index (χ3v) is 5.56. The summed E-state index contributed by atoms with van der Waals surface area (Å²) in [5.41, 5.74) is 2.00. The molecule has 3 rings (SSSR count). The summed E-state index contributed by atoms with van der Waals surface area (Å²) in [6, 6.07) is 9.27. The molecular formula is C19H20N2O3S. The molecule has 2 unspecified atom stereocenters. The minimum Gasteiger partial charge on any atom is -0.466 e. The van der Waals surface area contributed by atoms with Crippen LogP contribution in [-0.4, -0.2) is 40.3 Å². The molecule has 2 heterocycles. The van der Waals surface area contributed by atoms with Crippen LogP contribution in [0.3, 0.4) is 0 Å². The van der Waals surface area contributed by atoms with E-state index in [9.17, 15) is 9.59 Å². The Labute approximate surface area is 151 Å². The van der Waals surface area contributed by atoms with Crippen molar-refractivity contribution in [1.82, 2.24) is 4.90 Å². The summed E-state index contributed by atoms with van der Waals surface area (Å²) in [6.45, 7) is 3.76. The number of hydrogen-bond donors (Lipinski definition) is 0. The Morgan fingerprint density at radius 1 is 1.36 bits per heavy atom. The average molecular weight is 356 g/mol. The Kier molecular flexibility index (Phi) is 5.08. The number of nitrogens with zero attached hydrogens (tertiary/aromatic N) is 2. The lowest BCUT2D eigenvalue weighted by Gasteiger charge is -2.30. The number of fused-ring (bicyclic) bond motifs is 1. The summed E-state index contributed by atoms with van der Waals surface area (Å²) in [4.78, 5) is 31.2. The fraction of sp³-hybridized carbons (Fsp3) is 0.316. The van der Waals surface area contributed by atoms with Crippen molar-refractivity contribution in [3.8, 4) is 0 Å². The summed E-state index contributed by atoms with van der Waals surface area (Å²) < 4.78 is 4.93. The fourth-order valence-electron chi connectivity index (χ4n) is 2.95. The summed E-state index contributed by atoms with van der Waals surface area (Å²) in [5.74, 6) is -0.469. The molecule has 1 aromatic rings.